The summed E-state index contributed by atoms with van der Waals surface area (Å²) in [5.41, 5.74) is -0.442. The molecule has 0 aliphatic heterocycles. The van der Waals surface area contributed by atoms with E-state index in [4.69, 9.17) is 4.74 Å². The number of hydrogen-bond donors (Lipinski definition) is 1. The summed E-state index contributed by atoms with van der Waals surface area (Å²) in [6.07, 6.45) is -0.920. The summed E-state index contributed by atoms with van der Waals surface area (Å²) in [4.78, 5) is 11.7. The quantitative estimate of drug-likeness (QED) is 0.917. The number of nitrogens with one attached hydrogen (secondary N) is 1. The normalized spacial score (nSPS) is 11.3. The number of anilines is 1. The lowest BCUT2D eigenvalue weighted by Crippen LogP contribution is -2.16. The maximum atomic E-state index is 13.2. The highest BCUT2D eigenvalue weighted by Gasteiger charge is 2.39. The van der Waals surface area contributed by atoms with Gasteiger partial charge in [-0.25, -0.2) is 4.98 Å². The first-order valence-corrected chi connectivity index (χ1v) is 6.64. The molecule has 0 saturated heterocycles. The minimum Gasteiger partial charge on any atom is -0.480 e. The lowest BCUT2D eigenvalue weighted by molar-refractivity contribution is -0.138. The molecule has 8 heteroatoms. The Labute approximate surface area is 125 Å². The molecule has 0 amide bonds. The van der Waals surface area contributed by atoms with Crippen molar-refractivity contribution in [3.05, 3.63) is 30.1 Å². The summed E-state index contributed by atoms with van der Waals surface area (Å²) in [5, 5.41) is 2.69. The smallest absolute Gasteiger partial charge is 0.425 e. The van der Waals surface area contributed by atoms with Gasteiger partial charge in [-0.05, 0) is 18.6 Å². The molecule has 5 nitrogen and oxygen atoms in total. The van der Waals surface area contributed by atoms with Gasteiger partial charge in [0.25, 0.3) is 0 Å². The summed E-state index contributed by atoms with van der Waals surface area (Å²) in [6.45, 7) is 2.21. The van der Waals surface area contributed by atoms with E-state index in [2.05, 4.69) is 20.3 Å². The van der Waals surface area contributed by atoms with Crippen LogP contribution in [-0.2, 0) is 6.18 Å². The predicted octanol–water partition coefficient (Wildman–Crippen LogP) is 3.39. The van der Waals surface area contributed by atoms with Crippen molar-refractivity contribution in [2.24, 2.45) is 0 Å². The SMILES string of the molecule is CCCNc1nc(-c2ccncc2)nc(OC)c1C(F)(F)F. The van der Waals surface area contributed by atoms with Gasteiger partial charge in [-0.2, -0.15) is 18.2 Å². The number of ether oxygens (including phenoxy) is 1. The number of nitrogens with zero attached hydrogens (tertiary/aromatic N) is 3. The molecule has 22 heavy (non-hydrogen) atoms. The van der Waals surface area contributed by atoms with Crippen LogP contribution in [0.25, 0.3) is 11.4 Å². The minimum atomic E-state index is -4.61. The third-order valence-corrected chi connectivity index (χ3v) is 2.83. The Morgan fingerprint density at radius 2 is 1.86 bits per heavy atom. The van der Waals surface area contributed by atoms with Crippen molar-refractivity contribution in [3.8, 4) is 17.3 Å². The molecule has 0 spiro atoms. The Kier molecular flexibility index (Phi) is 4.79. The maximum absolute atomic E-state index is 13.2. The monoisotopic (exact) mass is 312 g/mol. The second kappa shape index (κ2) is 6.59. The zero-order valence-electron chi connectivity index (χ0n) is 12.1. The largest absolute Gasteiger partial charge is 0.480 e. The van der Waals surface area contributed by atoms with E-state index >= 15 is 0 Å². The number of pyridine rings is 1. The first kappa shape index (κ1) is 16.0. The zero-order chi connectivity index (χ0) is 16.2. The fraction of sp³-hybridized carbons (Fsp3) is 0.357. The number of hydrogen-bond acceptors (Lipinski definition) is 5. The molecule has 2 heterocycles. The van der Waals surface area contributed by atoms with Crippen LogP contribution in [0, 0.1) is 0 Å². The molecule has 0 aliphatic carbocycles. The average Bonchev–Trinajstić information content (AvgIpc) is 2.51. The molecule has 2 rings (SSSR count). The molecule has 0 aromatic carbocycles. The molecule has 118 valence electrons. The number of alkyl halides is 3. The van der Waals surface area contributed by atoms with E-state index in [1.807, 2.05) is 6.92 Å². The van der Waals surface area contributed by atoms with E-state index in [-0.39, 0.29) is 11.6 Å². The van der Waals surface area contributed by atoms with Crippen LogP contribution >= 0.6 is 0 Å². The molecule has 0 radical (unpaired) electrons. The molecular formula is C14H15F3N4O. The van der Waals surface area contributed by atoms with Crippen LogP contribution in [0.2, 0.25) is 0 Å². The van der Waals surface area contributed by atoms with Crippen molar-refractivity contribution in [1.82, 2.24) is 15.0 Å². The maximum Gasteiger partial charge on any atom is 0.425 e. The Hall–Kier alpha value is -2.38. The highest BCUT2D eigenvalue weighted by atomic mass is 19.4. The molecule has 1 N–H and O–H groups in total. The van der Waals surface area contributed by atoms with Crippen LogP contribution in [0.15, 0.2) is 24.5 Å². The topological polar surface area (TPSA) is 59.9 Å². The third kappa shape index (κ3) is 3.44. The van der Waals surface area contributed by atoms with Crippen molar-refractivity contribution in [2.75, 3.05) is 19.0 Å². The van der Waals surface area contributed by atoms with Crippen molar-refractivity contribution in [2.45, 2.75) is 19.5 Å². The van der Waals surface area contributed by atoms with Crippen LogP contribution in [0.5, 0.6) is 5.88 Å². The van der Waals surface area contributed by atoms with E-state index in [0.717, 1.165) is 7.11 Å². The minimum absolute atomic E-state index is 0.144. The van der Waals surface area contributed by atoms with Crippen LogP contribution in [0.1, 0.15) is 18.9 Å². The van der Waals surface area contributed by atoms with Gasteiger partial charge in [0.1, 0.15) is 5.82 Å². The van der Waals surface area contributed by atoms with Gasteiger partial charge in [-0.1, -0.05) is 6.92 Å². The summed E-state index contributed by atoms with van der Waals surface area (Å²) in [7, 11) is 1.15. The molecule has 0 saturated carbocycles. The predicted molar refractivity (Wildman–Crippen MR) is 75.6 cm³/mol. The summed E-state index contributed by atoms with van der Waals surface area (Å²) in [5.74, 6) is -0.646. The van der Waals surface area contributed by atoms with Crippen LogP contribution in [0.4, 0.5) is 19.0 Å². The fourth-order valence-electron chi connectivity index (χ4n) is 1.84. The van der Waals surface area contributed by atoms with Gasteiger partial charge in [-0.3, -0.25) is 4.98 Å². The van der Waals surface area contributed by atoms with Crippen molar-refractivity contribution in [1.29, 1.82) is 0 Å². The molecule has 0 aliphatic rings. The average molecular weight is 312 g/mol. The highest BCUT2D eigenvalue weighted by molar-refractivity contribution is 5.61. The number of halogens is 3. The number of methoxy groups -OCH3 is 1. The van der Waals surface area contributed by atoms with E-state index < -0.39 is 17.6 Å². The molecule has 0 fully saturated rings. The molecular weight excluding hydrogens is 297 g/mol. The van der Waals surface area contributed by atoms with Crippen molar-refractivity contribution >= 4 is 5.82 Å². The van der Waals surface area contributed by atoms with Crippen LogP contribution in [-0.4, -0.2) is 28.6 Å². The lowest BCUT2D eigenvalue weighted by Gasteiger charge is -2.17. The van der Waals surface area contributed by atoms with E-state index in [0.29, 0.717) is 18.5 Å². The van der Waals surface area contributed by atoms with Gasteiger partial charge in [-0.15, -0.1) is 0 Å². The Morgan fingerprint density at radius 3 is 2.41 bits per heavy atom. The van der Waals surface area contributed by atoms with Crippen molar-refractivity contribution in [3.63, 3.8) is 0 Å². The zero-order valence-corrected chi connectivity index (χ0v) is 12.1. The summed E-state index contributed by atoms with van der Waals surface area (Å²) in [6, 6.07) is 3.23. The van der Waals surface area contributed by atoms with Crippen LogP contribution in [0.3, 0.4) is 0 Å². The molecule has 0 atom stereocenters. The number of aromatic nitrogens is 3. The van der Waals surface area contributed by atoms with E-state index in [1.54, 1.807) is 12.1 Å². The van der Waals surface area contributed by atoms with Gasteiger partial charge in [0, 0.05) is 24.5 Å². The van der Waals surface area contributed by atoms with Gasteiger partial charge in [0.05, 0.1) is 7.11 Å². The van der Waals surface area contributed by atoms with Gasteiger partial charge in [0.2, 0.25) is 5.88 Å². The summed E-state index contributed by atoms with van der Waals surface area (Å²) >= 11 is 0. The van der Waals surface area contributed by atoms with Crippen LogP contribution < -0.4 is 10.1 Å². The van der Waals surface area contributed by atoms with E-state index in [1.165, 1.54) is 12.4 Å². The van der Waals surface area contributed by atoms with Gasteiger partial charge in [0.15, 0.2) is 11.4 Å². The standard InChI is InChI=1S/C14H15F3N4O/c1-3-6-19-12-10(14(15,16)17)13(22-2)21-11(20-12)9-4-7-18-8-5-9/h4-5,7-8H,3,6H2,1-2H3,(H,19,20,21). The Morgan fingerprint density at radius 1 is 1.18 bits per heavy atom. The molecule has 2 aromatic heterocycles. The van der Waals surface area contributed by atoms with Crippen molar-refractivity contribution < 1.29 is 17.9 Å². The molecule has 2 aromatic rings. The van der Waals surface area contributed by atoms with E-state index in [9.17, 15) is 13.2 Å². The number of rotatable bonds is 5. The van der Waals surface area contributed by atoms with Gasteiger partial charge < -0.3 is 10.1 Å². The van der Waals surface area contributed by atoms with Gasteiger partial charge >= 0.3 is 6.18 Å². The first-order chi connectivity index (χ1) is 10.5. The summed E-state index contributed by atoms with van der Waals surface area (Å²) < 4.78 is 44.6. The second-order valence-corrected chi connectivity index (χ2v) is 4.44. The fourth-order valence-corrected chi connectivity index (χ4v) is 1.84. The Balaban J connectivity index is 2.60. The first-order valence-electron chi connectivity index (χ1n) is 6.64. The highest BCUT2D eigenvalue weighted by Crippen LogP contribution is 2.40. The second-order valence-electron chi connectivity index (χ2n) is 4.44. The lowest BCUT2D eigenvalue weighted by atomic mass is 10.2. The molecule has 0 unspecified atom stereocenters. The third-order valence-electron chi connectivity index (χ3n) is 2.83. The Bertz CT molecular complexity index is 632. The molecule has 0 bridgehead atoms.